The van der Waals surface area contributed by atoms with E-state index in [-0.39, 0.29) is 5.80 Å². The molecule has 0 atom stereocenters. The van der Waals surface area contributed by atoms with Crippen LogP contribution in [0.5, 0.6) is 0 Å². The van der Waals surface area contributed by atoms with Gasteiger partial charge in [-0.15, -0.1) is 0 Å². The Morgan fingerprint density at radius 2 is 2.57 bits per heavy atom. The molecule has 0 spiro atoms. The third-order valence-corrected chi connectivity index (χ3v) is 0.621. The third-order valence-electron chi connectivity index (χ3n) is 0.621. The van der Waals surface area contributed by atoms with E-state index in [1.165, 1.54) is 7.41 Å². The van der Waals surface area contributed by atoms with Gasteiger partial charge in [0.1, 0.15) is 0 Å². The molecule has 0 saturated carbocycles. The molecular weight excluding hydrogens is 90.9 g/mol. The molecular formula is C3H4BN2O. The second kappa shape index (κ2) is 1.37. The van der Waals surface area contributed by atoms with Gasteiger partial charge < -0.3 is 9.64 Å². The van der Waals surface area contributed by atoms with Crippen molar-refractivity contribution in [1.82, 2.24) is 0 Å². The SMILES string of the molecule is CC1=N[B]C(=N)O1. The van der Waals surface area contributed by atoms with Crippen LogP contribution in [0.25, 0.3) is 0 Å². The first kappa shape index (κ1) is 4.37. The van der Waals surface area contributed by atoms with Crippen molar-refractivity contribution < 1.29 is 4.74 Å². The first-order valence-electron chi connectivity index (χ1n) is 1.93. The summed E-state index contributed by atoms with van der Waals surface area (Å²) >= 11 is 0. The third kappa shape index (κ3) is 0.794. The molecule has 0 aromatic heterocycles. The average molecular weight is 94.9 g/mol. The molecule has 1 aliphatic heterocycles. The van der Waals surface area contributed by atoms with Crippen molar-refractivity contribution in [3.05, 3.63) is 0 Å². The van der Waals surface area contributed by atoms with Crippen molar-refractivity contribution in [3.8, 4) is 0 Å². The summed E-state index contributed by atoms with van der Waals surface area (Å²) in [7, 11) is 1.37. The van der Waals surface area contributed by atoms with Crippen LogP contribution in [0.15, 0.2) is 4.90 Å². The highest BCUT2D eigenvalue weighted by Crippen LogP contribution is 1.90. The molecule has 1 rings (SSSR count). The average Bonchev–Trinajstić information content (AvgIpc) is 1.87. The molecule has 0 unspecified atom stereocenters. The molecule has 0 bridgehead atoms. The van der Waals surface area contributed by atoms with Crippen LogP contribution in [0, 0.1) is 5.41 Å². The van der Waals surface area contributed by atoms with Crippen LogP contribution in [0.4, 0.5) is 0 Å². The Balaban J connectivity index is 2.58. The second-order valence-corrected chi connectivity index (χ2v) is 1.24. The van der Waals surface area contributed by atoms with Gasteiger partial charge in [-0.05, 0) is 0 Å². The molecule has 0 saturated heterocycles. The number of nitrogens with one attached hydrogen (secondary N) is 1. The normalized spacial score (nSPS) is 17.9. The Kier molecular flexibility index (Phi) is 0.853. The summed E-state index contributed by atoms with van der Waals surface area (Å²) in [4.78, 5) is 3.66. The van der Waals surface area contributed by atoms with Gasteiger partial charge in [-0.2, -0.15) is 0 Å². The van der Waals surface area contributed by atoms with E-state index in [2.05, 4.69) is 9.64 Å². The standard InChI is InChI=1S/C3H4BN2O/c1-2-6-4-3(5)7-2/h5H,1H3. The molecule has 1 heterocycles. The minimum atomic E-state index is 0.123. The van der Waals surface area contributed by atoms with E-state index in [9.17, 15) is 0 Å². The van der Waals surface area contributed by atoms with Gasteiger partial charge in [-0.25, -0.2) is 0 Å². The van der Waals surface area contributed by atoms with Crippen LogP contribution in [0.3, 0.4) is 0 Å². The van der Waals surface area contributed by atoms with Crippen LogP contribution in [-0.2, 0) is 4.74 Å². The van der Waals surface area contributed by atoms with Crippen molar-refractivity contribution >= 4 is 19.1 Å². The summed E-state index contributed by atoms with van der Waals surface area (Å²) < 4.78 is 4.64. The minimum absolute atomic E-state index is 0.123. The lowest BCUT2D eigenvalue weighted by molar-refractivity contribution is 0.560. The molecule has 0 fully saturated rings. The molecule has 0 aliphatic carbocycles. The van der Waals surface area contributed by atoms with E-state index < -0.39 is 0 Å². The fourth-order valence-corrected chi connectivity index (χ4v) is 0.361. The molecule has 35 valence electrons. The Morgan fingerprint density at radius 3 is 2.71 bits per heavy atom. The highest BCUT2D eigenvalue weighted by atomic mass is 16.5. The Labute approximate surface area is 42.2 Å². The summed E-state index contributed by atoms with van der Waals surface area (Å²) in [5, 5.41) is 6.79. The monoisotopic (exact) mass is 95.0 g/mol. The van der Waals surface area contributed by atoms with E-state index in [0.29, 0.717) is 5.90 Å². The molecule has 1 N–H and O–H groups in total. The van der Waals surface area contributed by atoms with Crippen LogP contribution in [0.1, 0.15) is 6.92 Å². The van der Waals surface area contributed by atoms with Gasteiger partial charge in [0, 0.05) is 6.92 Å². The molecule has 0 aromatic rings. The zero-order valence-corrected chi connectivity index (χ0v) is 3.93. The van der Waals surface area contributed by atoms with Crippen LogP contribution in [-0.4, -0.2) is 19.1 Å². The summed E-state index contributed by atoms with van der Waals surface area (Å²) in [6, 6.07) is 0. The lowest BCUT2D eigenvalue weighted by atomic mass is 9.98. The Morgan fingerprint density at radius 1 is 1.86 bits per heavy atom. The minimum Gasteiger partial charge on any atom is -0.439 e. The van der Waals surface area contributed by atoms with Crippen molar-refractivity contribution in [2.75, 3.05) is 0 Å². The second-order valence-electron chi connectivity index (χ2n) is 1.24. The molecule has 4 heteroatoms. The van der Waals surface area contributed by atoms with Gasteiger partial charge in [-0.1, -0.05) is 0 Å². The van der Waals surface area contributed by atoms with E-state index in [4.69, 9.17) is 5.41 Å². The number of hydrogen-bond donors (Lipinski definition) is 1. The quantitative estimate of drug-likeness (QED) is 0.422. The number of rotatable bonds is 0. The van der Waals surface area contributed by atoms with Gasteiger partial charge in [0.05, 0.1) is 0 Å². The van der Waals surface area contributed by atoms with Gasteiger partial charge in [0.25, 0.3) is 0 Å². The van der Waals surface area contributed by atoms with E-state index >= 15 is 0 Å². The van der Waals surface area contributed by atoms with Crippen LogP contribution >= 0.6 is 0 Å². The van der Waals surface area contributed by atoms with Crippen LogP contribution < -0.4 is 0 Å². The van der Waals surface area contributed by atoms with E-state index in [1.807, 2.05) is 0 Å². The van der Waals surface area contributed by atoms with Crippen molar-refractivity contribution in [3.63, 3.8) is 0 Å². The zero-order chi connectivity index (χ0) is 5.28. The Hall–Kier alpha value is -0.795. The van der Waals surface area contributed by atoms with Crippen molar-refractivity contribution in [2.24, 2.45) is 4.90 Å². The smallest absolute Gasteiger partial charge is 0.388 e. The summed E-state index contributed by atoms with van der Waals surface area (Å²) in [6.07, 6.45) is 0. The topological polar surface area (TPSA) is 45.4 Å². The number of ether oxygens (including phenoxy) is 1. The summed E-state index contributed by atoms with van der Waals surface area (Å²) in [5.41, 5.74) is 0. The maximum Gasteiger partial charge on any atom is 0.388 e. The van der Waals surface area contributed by atoms with Gasteiger partial charge in [-0.3, -0.25) is 5.41 Å². The molecule has 1 aliphatic rings. The zero-order valence-electron chi connectivity index (χ0n) is 3.93. The number of nitrogens with zero attached hydrogens (tertiary/aromatic N) is 1. The van der Waals surface area contributed by atoms with Crippen LogP contribution in [0.2, 0.25) is 0 Å². The number of hydrogen-bond acceptors (Lipinski definition) is 3. The summed E-state index contributed by atoms with van der Waals surface area (Å²) in [6.45, 7) is 1.71. The van der Waals surface area contributed by atoms with E-state index in [1.54, 1.807) is 6.92 Å². The Bertz CT molecular complexity index is 131. The van der Waals surface area contributed by atoms with E-state index in [0.717, 1.165) is 0 Å². The first-order chi connectivity index (χ1) is 3.29. The van der Waals surface area contributed by atoms with Gasteiger partial charge in [0.15, 0.2) is 11.7 Å². The largest absolute Gasteiger partial charge is 0.439 e. The molecule has 0 amide bonds. The first-order valence-corrected chi connectivity index (χ1v) is 1.93. The lowest BCUT2D eigenvalue weighted by Crippen LogP contribution is -2.01. The highest BCUT2D eigenvalue weighted by molar-refractivity contribution is 6.74. The maximum atomic E-state index is 6.79. The predicted octanol–water partition coefficient (Wildman–Crippen LogP) is -0.0110. The molecule has 1 radical (unpaired) electrons. The molecule has 7 heavy (non-hydrogen) atoms. The van der Waals surface area contributed by atoms with Gasteiger partial charge in [0.2, 0.25) is 0 Å². The highest BCUT2D eigenvalue weighted by Gasteiger charge is 2.09. The molecule has 0 aromatic carbocycles. The summed E-state index contributed by atoms with van der Waals surface area (Å²) in [5.74, 6) is 0.669. The molecule has 3 nitrogen and oxygen atoms in total. The van der Waals surface area contributed by atoms with Crippen molar-refractivity contribution in [1.29, 1.82) is 5.41 Å². The predicted molar refractivity (Wildman–Crippen MR) is 27.7 cm³/mol. The maximum absolute atomic E-state index is 6.79. The fourth-order valence-electron chi connectivity index (χ4n) is 0.361. The lowest BCUT2D eigenvalue weighted by Gasteiger charge is -1.88. The fraction of sp³-hybridized carbons (Fsp3) is 0.333. The van der Waals surface area contributed by atoms with Gasteiger partial charge >= 0.3 is 7.41 Å². The van der Waals surface area contributed by atoms with Crippen molar-refractivity contribution in [2.45, 2.75) is 6.92 Å².